The predicted molar refractivity (Wildman–Crippen MR) is 68.6 cm³/mol. The first-order chi connectivity index (χ1) is 6.99. The lowest BCUT2D eigenvalue weighted by molar-refractivity contribution is 0.183. The Morgan fingerprint density at radius 3 is 2.40 bits per heavy atom. The van der Waals surface area contributed by atoms with Crippen molar-refractivity contribution in [2.45, 2.75) is 58.4 Å². The highest BCUT2D eigenvalue weighted by atomic mass is 28.4. The summed E-state index contributed by atoms with van der Waals surface area (Å²) in [6.07, 6.45) is 8.69. The van der Waals surface area contributed by atoms with Gasteiger partial charge in [0.1, 0.15) is 0 Å². The summed E-state index contributed by atoms with van der Waals surface area (Å²) >= 11 is 0. The maximum absolute atomic E-state index is 8.67. The van der Waals surface area contributed by atoms with Crippen molar-refractivity contribution >= 4 is 8.32 Å². The van der Waals surface area contributed by atoms with E-state index in [1.54, 1.807) is 6.08 Å². The Hall–Kier alpha value is -0.123. The molecule has 2 nitrogen and oxygen atoms in total. The molecule has 0 heterocycles. The molecule has 1 atom stereocenters. The van der Waals surface area contributed by atoms with E-state index >= 15 is 0 Å². The van der Waals surface area contributed by atoms with Crippen LogP contribution in [0, 0.1) is 0 Å². The van der Waals surface area contributed by atoms with Crippen molar-refractivity contribution in [2.75, 3.05) is 6.61 Å². The molecule has 90 valence electrons. The van der Waals surface area contributed by atoms with Crippen LogP contribution in [0.3, 0.4) is 0 Å². The molecule has 0 aliphatic heterocycles. The lowest BCUT2D eigenvalue weighted by Crippen LogP contribution is -2.31. The minimum atomic E-state index is -1.43. The van der Waals surface area contributed by atoms with Crippen LogP contribution in [0.4, 0.5) is 0 Å². The van der Waals surface area contributed by atoms with Gasteiger partial charge in [0.25, 0.3) is 0 Å². The zero-order chi connectivity index (χ0) is 11.7. The van der Waals surface area contributed by atoms with Crippen molar-refractivity contribution in [1.29, 1.82) is 0 Å². The van der Waals surface area contributed by atoms with Gasteiger partial charge in [-0.25, -0.2) is 0 Å². The van der Waals surface area contributed by atoms with E-state index in [0.717, 1.165) is 12.8 Å². The Morgan fingerprint density at radius 2 is 1.93 bits per heavy atom. The van der Waals surface area contributed by atoms with Crippen LogP contribution in [-0.4, -0.2) is 26.1 Å². The number of hydrogen-bond donors (Lipinski definition) is 1. The van der Waals surface area contributed by atoms with Gasteiger partial charge in [-0.2, -0.15) is 0 Å². The highest BCUT2D eigenvalue weighted by Gasteiger charge is 2.19. The van der Waals surface area contributed by atoms with E-state index in [9.17, 15) is 0 Å². The summed E-state index contributed by atoms with van der Waals surface area (Å²) in [6, 6.07) is 0. The second-order valence-electron chi connectivity index (χ2n) is 4.88. The lowest BCUT2D eigenvalue weighted by Gasteiger charge is -2.25. The molecule has 0 aliphatic rings. The average molecular weight is 230 g/mol. The van der Waals surface area contributed by atoms with Crippen molar-refractivity contribution in [3.05, 3.63) is 12.2 Å². The average Bonchev–Trinajstić information content (AvgIpc) is 2.12. The summed E-state index contributed by atoms with van der Waals surface area (Å²) in [5.74, 6) is 0. The number of hydrogen-bond acceptors (Lipinski definition) is 2. The van der Waals surface area contributed by atoms with Crippen LogP contribution in [-0.2, 0) is 4.43 Å². The van der Waals surface area contributed by atoms with E-state index < -0.39 is 8.32 Å². The third-order valence-electron chi connectivity index (χ3n) is 2.07. The summed E-state index contributed by atoms with van der Waals surface area (Å²) in [7, 11) is -1.43. The fourth-order valence-electron chi connectivity index (χ4n) is 1.48. The van der Waals surface area contributed by atoms with Gasteiger partial charge in [0.15, 0.2) is 8.32 Å². The monoisotopic (exact) mass is 230 g/mol. The van der Waals surface area contributed by atoms with Crippen LogP contribution < -0.4 is 0 Å². The molecule has 0 amide bonds. The largest absolute Gasteiger partial charge is 0.414 e. The molecule has 0 aromatic rings. The van der Waals surface area contributed by atoms with Crippen LogP contribution in [0.2, 0.25) is 19.6 Å². The lowest BCUT2D eigenvalue weighted by atomic mass is 10.1. The minimum absolute atomic E-state index is 0.132. The Labute approximate surface area is 95.5 Å². The summed E-state index contributed by atoms with van der Waals surface area (Å²) in [5, 5.41) is 8.67. The predicted octanol–water partition coefficient (Wildman–Crippen LogP) is 3.34. The van der Waals surface area contributed by atoms with Gasteiger partial charge in [-0.05, 0) is 32.5 Å². The summed E-state index contributed by atoms with van der Waals surface area (Å²) in [6.45, 7) is 9.01. The first kappa shape index (κ1) is 14.9. The zero-order valence-corrected chi connectivity index (χ0v) is 11.6. The molecule has 0 aliphatic carbocycles. The van der Waals surface area contributed by atoms with Crippen molar-refractivity contribution in [3.8, 4) is 0 Å². The molecular weight excluding hydrogens is 204 g/mol. The molecule has 0 saturated heterocycles. The molecule has 0 spiro atoms. The molecule has 0 aromatic heterocycles. The highest BCUT2D eigenvalue weighted by Crippen LogP contribution is 2.16. The molecule has 0 aromatic carbocycles. The van der Waals surface area contributed by atoms with Crippen molar-refractivity contribution in [3.63, 3.8) is 0 Å². The molecule has 3 heteroatoms. The number of unbranched alkanes of at least 4 members (excludes halogenated alkanes) is 1. The summed E-state index contributed by atoms with van der Waals surface area (Å²) in [5.41, 5.74) is 0. The summed E-state index contributed by atoms with van der Waals surface area (Å²) in [4.78, 5) is 0. The number of aliphatic hydroxyl groups is 1. The van der Waals surface area contributed by atoms with Crippen molar-refractivity contribution in [2.24, 2.45) is 0 Å². The molecule has 0 radical (unpaired) electrons. The van der Waals surface area contributed by atoms with Crippen LogP contribution in [0.25, 0.3) is 0 Å². The first-order valence-corrected chi connectivity index (χ1v) is 9.34. The van der Waals surface area contributed by atoms with Crippen LogP contribution in [0.15, 0.2) is 12.2 Å². The van der Waals surface area contributed by atoms with Gasteiger partial charge in [0, 0.05) is 6.10 Å². The molecule has 0 rings (SSSR count). The Balaban J connectivity index is 4.00. The van der Waals surface area contributed by atoms with Crippen LogP contribution >= 0.6 is 0 Å². The normalized spacial score (nSPS) is 14.7. The SMILES string of the molecule is CCCCC(CC=CCO)O[Si](C)(C)C. The second kappa shape index (κ2) is 8.08. The van der Waals surface area contributed by atoms with Gasteiger partial charge < -0.3 is 9.53 Å². The molecule has 1 N–H and O–H groups in total. The van der Waals surface area contributed by atoms with Gasteiger partial charge >= 0.3 is 0 Å². The third-order valence-corrected chi connectivity index (χ3v) is 3.11. The highest BCUT2D eigenvalue weighted by molar-refractivity contribution is 6.69. The van der Waals surface area contributed by atoms with Gasteiger partial charge in [0.05, 0.1) is 6.61 Å². The minimum Gasteiger partial charge on any atom is -0.414 e. The smallest absolute Gasteiger partial charge is 0.184 e. The van der Waals surface area contributed by atoms with E-state index in [4.69, 9.17) is 9.53 Å². The molecule has 0 bridgehead atoms. The molecule has 15 heavy (non-hydrogen) atoms. The zero-order valence-electron chi connectivity index (χ0n) is 10.6. The standard InChI is InChI=1S/C12H26O2Si/c1-5-6-9-12(10-7-8-11-13)14-15(2,3)4/h7-8,12-13H,5-6,9-11H2,1-4H3. The molecular formula is C12H26O2Si. The van der Waals surface area contributed by atoms with Crippen LogP contribution in [0.5, 0.6) is 0 Å². The number of aliphatic hydroxyl groups excluding tert-OH is 1. The van der Waals surface area contributed by atoms with Crippen molar-refractivity contribution in [1.82, 2.24) is 0 Å². The Morgan fingerprint density at radius 1 is 1.27 bits per heavy atom. The molecule has 0 fully saturated rings. The van der Waals surface area contributed by atoms with E-state index in [-0.39, 0.29) is 6.61 Å². The van der Waals surface area contributed by atoms with E-state index in [0.29, 0.717) is 6.10 Å². The van der Waals surface area contributed by atoms with Gasteiger partial charge in [-0.15, -0.1) is 0 Å². The Kier molecular flexibility index (Phi) is 8.01. The third kappa shape index (κ3) is 10.2. The van der Waals surface area contributed by atoms with Gasteiger partial charge in [-0.3, -0.25) is 0 Å². The quantitative estimate of drug-likeness (QED) is 0.512. The van der Waals surface area contributed by atoms with E-state index in [1.165, 1.54) is 12.8 Å². The summed E-state index contributed by atoms with van der Waals surface area (Å²) < 4.78 is 6.09. The van der Waals surface area contributed by atoms with E-state index in [2.05, 4.69) is 26.6 Å². The van der Waals surface area contributed by atoms with Gasteiger partial charge in [-0.1, -0.05) is 31.9 Å². The van der Waals surface area contributed by atoms with Gasteiger partial charge in [0.2, 0.25) is 0 Å². The first-order valence-electron chi connectivity index (χ1n) is 5.93. The van der Waals surface area contributed by atoms with E-state index in [1.807, 2.05) is 6.08 Å². The number of rotatable bonds is 8. The second-order valence-corrected chi connectivity index (χ2v) is 9.34. The molecule has 1 unspecified atom stereocenters. The Bertz CT molecular complexity index is 173. The fraction of sp³-hybridized carbons (Fsp3) is 0.833. The fourth-order valence-corrected chi connectivity index (χ4v) is 2.69. The van der Waals surface area contributed by atoms with Crippen molar-refractivity contribution < 1.29 is 9.53 Å². The molecule has 0 saturated carbocycles. The van der Waals surface area contributed by atoms with Crippen LogP contribution in [0.1, 0.15) is 32.6 Å². The topological polar surface area (TPSA) is 29.5 Å². The maximum Gasteiger partial charge on any atom is 0.184 e. The maximum atomic E-state index is 8.67.